The van der Waals surface area contributed by atoms with Crippen LogP contribution in [-0.2, 0) is 17.6 Å². The van der Waals surface area contributed by atoms with E-state index in [9.17, 15) is 14.0 Å². The minimum absolute atomic E-state index is 0.0973. The molecule has 1 aliphatic heterocycles. The van der Waals surface area contributed by atoms with Crippen LogP contribution in [0.3, 0.4) is 0 Å². The van der Waals surface area contributed by atoms with Gasteiger partial charge in [-0.2, -0.15) is 0 Å². The van der Waals surface area contributed by atoms with Gasteiger partial charge in [0.2, 0.25) is 5.91 Å². The van der Waals surface area contributed by atoms with E-state index in [0.29, 0.717) is 11.4 Å². The zero-order chi connectivity index (χ0) is 21.4. The Morgan fingerprint density at radius 1 is 1.00 bits per heavy atom. The summed E-state index contributed by atoms with van der Waals surface area (Å²) in [7, 11) is 0. The van der Waals surface area contributed by atoms with Gasteiger partial charge in [-0.15, -0.1) is 11.8 Å². The molecule has 4 nitrogen and oxygen atoms in total. The van der Waals surface area contributed by atoms with Crippen molar-refractivity contribution in [2.45, 2.75) is 24.6 Å². The van der Waals surface area contributed by atoms with Crippen LogP contribution in [0, 0.1) is 5.82 Å². The molecule has 2 amide bonds. The number of anilines is 2. The topological polar surface area (TPSA) is 49.4 Å². The van der Waals surface area contributed by atoms with Gasteiger partial charge in [-0.3, -0.25) is 14.5 Å². The number of aryl methyl sites for hydroxylation is 2. The van der Waals surface area contributed by atoms with Gasteiger partial charge < -0.3 is 5.32 Å². The molecule has 5 rings (SSSR count). The highest BCUT2D eigenvalue weighted by Gasteiger charge is 2.34. The lowest BCUT2D eigenvalue weighted by Crippen LogP contribution is -2.27. The zero-order valence-corrected chi connectivity index (χ0v) is 17.6. The Kier molecular flexibility index (Phi) is 5.24. The first kappa shape index (κ1) is 19.8. The highest BCUT2D eigenvalue weighted by atomic mass is 32.2. The van der Waals surface area contributed by atoms with Crippen LogP contribution in [0.2, 0.25) is 0 Å². The van der Waals surface area contributed by atoms with Crippen molar-refractivity contribution < 1.29 is 14.0 Å². The number of hydrogen-bond acceptors (Lipinski definition) is 3. The number of hydrogen-bond donors (Lipinski definition) is 1. The quantitative estimate of drug-likeness (QED) is 0.605. The fraction of sp³-hybridized carbons (Fsp3) is 0.200. The average molecular weight is 433 g/mol. The number of benzene rings is 3. The molecule has 0 unspecified atom stereocenters. The summed E-state index contributed by atoms with van der Waals surface area (Å²) in [6.07, 6.45) is 3.36. The first-order valence-corrected chi connectivity index (χ1v) is 11.4. The Bertz CT molecular complexity index is 1160. The number of halogens is 1. The monoisotopic (exact) mass is 432 g/mol. The SMILES string of the molecule is O=C(Nc1ccc([C@H]2SCC(=O)N2c2ccc3c(c2)CCC3)cc1)c1cccc(F)c1. The lowest BCUT2D eigenvalue weighted by atomic mass is 10.1. The number of nitrogens with one attached hydrogen (secondary N) is 1. The van der Waals surface area contributed by atoms with E-state index in [1.807, 2.05) is 29.2 Å². The zero-order valence-electron chi connectivity index (χ0n) is 16.8. The Hall–Kier alpha value is -3.12. The summed E-state index contributed by atoms with van der Waals surface area (Å²) < 4.78 is 13.4. The van der Waals surface area contributed by atoms with E-state index in [1.54, 1.807) is 17.8 Å². The van der Waals surface area contributed by atoms with Gasteiger partial charge in [0.15, 0.2) is 0 Å². The number of amides is 2. The third kappa shape index (κ3) is 3.95. The first-order chi connectivity index (χ1) is 15.1. The lowest BCUT2D eigenvalue weighted by molar-refractivity contribution is -0.115. The molecule has 0 bridgehead atoms. The van der Waals surface area contributed by atoms with Crippen molar-refractivity contribution in [3.05, 3.63) is 94.8 Å². The second-order valence-electron chi connectivity index (χ2n) is 7.82. The highest BCUT2D eigenvalue weighted by molar-refractivity contribution is 8.00. The molecule has 6 heteroatoms. The van der Waals surface area contributed by atoms with Gasteiger partial charge in [-0.1, -0.05) is 24.3 Å². The second kappa shape index (κ2) is 8.19. The van der Waals surface area contributed by atoms with Crippen LogP contribution in [-0.4, -0.2) is 17.6 Å². The van der Waals surface area contributed by atoms with Crippen LogP contribution in [0.5, 0.6) is 0 Å². The summed E-state index contributed by atoms with van der Waals surface area (Å²) in [5.41, 5.74) is 5.57. The molecule has 3 aromatic rings. The summed E-state index contributed by atoms with van der Waals surface area (Å²) >= 11 is 1.61. The van der Waals surface area contributed by atoms with Crippen molar-refractivity contribution in [3.63, 3.8) is 0 Å². The molecular weight excluding hydrogens is 411 g/mol. The highest BCUT2D eigenvalue weighted by Crippen LogP contribution is 2.42. The predicted octanol–water partition coefficient (Wildman–Crippen LogP) is 5.35. The summed E-state index contributed by atoms with van der Waals surface area (Å²) in [5, 5.41) is 2.69. The van der Waals surface area contributed by atoms with Crippen molar-refractivity contribution >= 4 is 35.0 Å². The van der Waals surface area contributed by atoms with Gasteiger partial charge in [0, 0.05) is 16.9 Å². The molecule has 0 spiro atoms. The minimum atomic E-state index is -0.447. The van der Waals surface area contributed by atoms with E-state index in [4.69, 9.17) is 0 Å². The average Bonchev–Trinajstić information content (AvgIpc) is 3.40. The van der Waals surface area contributed by atoms with Gasteiger partial charge in [-0.25, -0.2) is 4.39 Å². The van der Waals surface area contributed by atoms with Crippen LogP contribution < -0.4 is 10.2 Å². The van der Waals surface area contributed by atoms with Gasteiger partial charge >= 0.3 is 0 Å². The molecule has 0 saturated carbocycles. The van der Waals surface area contributed by atoms with Gasteiger partial charge in [-0.05, 0) is 78.4 Å². The number of carbonyl (C=O) groups excluding carboxylic acids is 2. The normalized spacial score (nSPS) is 17.6. The molecular formula is C25H21FN2O2S. The van der Waals surface area contributed by atoms with E-state index >= 15 is 0 Å². The molecule has 1 N–H and O–H groups in total. The van der Waals surface area contributed by atoms with Gasteiger partial charge in [0.25, 0.3) is 5.91 Å². The molecule has 156 valence electrons. The standard InChI is InChI=1S/C25H21FN2O2S/c26-20-6-2-5-19(13-20)24(30)27-21-10-7-17(8-11-21)25-28(23(29)15-31-25)22-12-9-16-3-1-4-18(16)14-22/h2,5-14,25H,1,3-4,15H2,(H,27,30)/t25-/m1/s1. The summed E-state index contributed by atoms with van der Waals surface area (Å²) in [6.45, 7) is 0. The van der Waals surface area contributed by atoms with Crippen molar-refractivity contribution in [2.24, 2.45) is 0 Å². The van der Waals surface area contributed by atoms with Crippen LogP contribution >= 0.6 is 11.8 Å². The molecule has 31 heavy (non-hydrogen) atoms. The van der Waals surface area contributed by atoms with Crippen LogP contribution in [0.25, 0.3) is 0 Å². The Morgan fingerprint density at radius 3 is 2.61 bits per heavy atom. The molecule has 1 heterocycles. The Balaban J connectivity index is 1.35. The van der Waals surface area contributed by atoms with E-state index in [2.05, 4.69) is 23.5 Å². The Labute approximate surface area is 184 Å². The van der Waals surface area contributed by atoms with Crippen LogP contribution in [0.15, 0.2) is 66.7 Å². The third-order valence-corrected chi connectivity index (χ3v) is 6.98. The fourth-order valence-corrected chi connectivity index (χ4v) is 5.40. The van der Waals surface area contributed by atoms with Gasteiger partial charge in [0.05, 0.1) is 5.75 Å². The van der Waals surface area contributed by atoms with Crippen LogP contribution in [0.4, 0.5) is 15.8 Å². The fourth-order valence-electron chi connectivity index (χ4n) is 4.22. The molecule has 1 atom stereocenters. The first-order valence-electron chi connectivity index (χ1n) is 10.3. The molecule has 0 radical (unpaired) electrons. The van der Waals surface area contributed by atoms with E-state index in [-0.39, 0.29) is 22.8 Å². The van der Waals surface area contributed by atoms with E-state index in [0.717, 1.165) is 24.1 Å². The number of nitrogens with zero attached hydrogens (tertiary/aromatic N) is 1. The maximum Gasteiger partial charge on any atom is 0.255 e. The largest absolute Gasteiger partial charge is 0.322 e. The molecule has 1 fully saturated rings. The predicted molar refractivity (Wildman–Crippen MR) is 122 cm³/mol. The number of rotatable bonds is 4. The molecule has 1 saturated heterocycles. The minimum Gasteiger partial charge on any atom is -0.322 e. The third-order valence-electron chi connectivity index (χ3n) is 5.77. The summed E-state index contributed by atoms with van der Waals surface area (Å²) in [6, 6.07) is 19.4. The van der Waals surface area contributed by atoms with Crippen molar-refractivity contribution in [1.82, 2.24) is 0 Å². The van der Waals surface area contributed by atoms with Crippen molar-refractivity contribution in [2.75, 3.05) is 16.0 Å². The lowest BCUT2D eigenvalue weighted by Gasteiger charge is -2.25. The smallest absolute Gasteiger partial charge is 0.255 e. The molecule has 2 aliphatic rings. The molecule has 1 aliphatic carbocycles. The molecule has 0 aromatic heterocycles. The number of fused-ring (bicyclic) bond motifs is 1. The summed E-state index contributed by atoms with van der Waals surface area (Å²) in [5.74, 6) is -0.258. The number of carbonyl (C=O) groups is 2. The van der Waals surface area contributed by atoms with Gasteiger partial charge in [0.1, 0.15) is 11.2 Å². The molecule has 3 aromatic carbocycles. The number of thioether (sulfide) groups is 1. The summed E-state index contributed by atoms with van der Waals surface area (Å²) in [4.78, 5) is 26.9. The second-order valence-corrected chi connectivity index (χ2v) is 8.89. The van der Waals surface area contributed by atoms with Crippen molar-refractivity contribution in [3.8, 4) is 0 Å². The van der Waals surface area contributed by atoms with E-state index < -0.39 is 5.82 Å². The van der Waals surface area contributed by atoms with E-state index in [1.165, 1.54) is 35.7 Å². The maximum absolute atomic E-state index is 13.4. The maximum atomic E-state index is 13.4. The Morgan fingerprint density at radius 2 is 1.81 bits per heavy atom. The van der Waals surface area contributed by atoms with Crippen molar-refractivity contribution in [1.29, 1.82) is 0 Å². The van der Waals surface area contributed by atoms with Crippen LogP contribution in [0.1, 0.15) is 38.8 Å².